The molecule has 1 aliphatic heterocycles. The molecule has 0 aliphatic carbocycles. The van der Waals surface area contributed by atoms with Gasteiger partial charge in [0.2, 0.25) is 0 Å². The third-order valence-electron chi connectivity index (χ3n) is 4.01. The Morgan fingerprint density at radius 1 is 0.952 bits per heavy atom. The number of hydrogen-bond acceptors (Lipinski definition) is 2. The van der Waals surface area contributed by atoms with Gasteiger partial charge in [0.05, 0.1) is 18.5 Å². The fourth-order valence-electron chi connectivity index (χ4n) is 2.64. The molecule has 0 unspecified atom stereocenters. The van der Waals surface area contributed by atoms with Crippen LogP contribution in [0.5, 0.6) is 5.75 Å². The van der Waals surface area contributed by atoms with Crippen LogP contribution in [0.4, 0.5) is 5.69 Å². The van der Waals surface area contributed by atoms with Gasteiger partial charge in [-0.15, -0.1) is 0 Å². The quantitative estimate of drug-likeness (QED) is 0.791. The van der Waals surface area contributed by atoms with Crippen molar-refractivity contribution in [3.05, 3.63) is 65.7 Å². The zero-order valence-corrected chi connectivity index (χ0v) is 12.6. The topological polar surface area (TPSA) is 21.6 Å². The second-order valence-corrected chi connectivity index (χ2v) is 5.75. The fraction of sp³-hybridized carbons (Fsp3) is 0.211. The maximum atomic E-state index is 5.17. The Hall–Kier alpha value is -2.35. The molecule has 0 atom stereocenters. The molecular weight excluding hydrogens is 258 g/mol. The first-order valence-electron chi connectivity index (χ1n) is 7.12. The van der Waals surface area contributed by atoms with Gasteiger partial charge in [-0.05, 0) is 35.4 Å². The van der Waals surface area contributed by atoms with Crippen LogP contribution in [0, 0.1) is 0 Å². The summed E-state index contributed by atoms with van der Waals surface area (Å²) in [5.74, 6) is 0.873. The molecule has 2 aromatic carbocycles. The zero-order valence-electron chi connectivity index (χ0n) is 12.6. The lowest BCUT2D eigenvalue weighted by Gasteiger charge is -2.20. The van der Waals surface area contributed by atoms with Crippen LogP contribution < -0.4 is 4.74 Å². The molecule has 106 valence electrons. The van der Waals surface area contributed by atoms with E-state index in [2.05, 4.69) is 44.2 Å². The first-order valence-corrected chi connectivity index (χ1v) is 7.12. The number of aliphatic imine (C=N–C) groups is 1. The predicted molar refractivity (Wildman–Crippen MR) is 88.6 cm³/mol. The van der Waals surface area contributed by atoms with Gasteiger partial charge in [-0.1, -0.05) is 50.3 Å². The summed E-state index contributed by atoms with van der Waals surface area (Å²) in [6, 6.07) is 16.4. The number of rotatable bonds is 3. The molecule has 0 radical (unpaired) electrons. The van der Waals surface area contributed by atoms with Crippen molar-refractivity contribution in [2.75, 3.05) is 7.11 Å². The summed E-state index contributed by atoms with van der Waals surface area (Å²) in [4.78, 5) is 4.76. The third kappa shape index (κ3) is 2.49. The van der Waals surface area contributed by atoms with Crippen molar-refractivity contribution >= 4 is 17.5 Å². The van der Waals surface area contributed by atoms with Crippen molar-refractivity contribution in [3.63, 3.8) is 0 Å². The van der Waals surface area contributed by atoms with E-state index in [1.807, 2.05) is 30.3 Å². The monoisotopic (exact) mass is 277 g/mol. The van der Waals surface area contributed by atoms with Crippen molar-refractivity contribution in [1.82, 2.24) is 0 Å². The van der Waals surface area contributed by atoms with Crippen molar-refractivity contribution < 1.29 is 4.74 Å². The van der Waals surface area contributed by atoms with Gasteiger partial charge in [0.25, 0.3) is 0 Å². The first-order chi connectivity index (χ1) is 10.1. The summed E-state index contributed by atoms with van der Waals surface area (Å²) in [6.07, 6.45) is 4.22. The van der Waals surface area contributed by atoms with Crippen LogP contribution >= 0.6 is 0 Å². The first kappa shape index (κ1) is 13.6. The van der Waals surface area contributed by atoms with E-state index in [0.717, 1.165) is 22.7 Å². The van der Waals surface area contributed by atoms with Crippen LogP contribution in [0.3, 0.4) is 0 Å². The predicted octanol–water partition coefficient (Wildman–Crippen LogP) is 4.77. The van der Waals surface area contributed by atoms with Crippen LogP contribution in [0.2, 0.25) is 0 Å². The number of para-hydroxylation sites is 1. The number of allylic oxidation sites excluding steroid dienone is 1. The van der Waals surface area contributed by atoms with Gasteiger partial charge < -0.3 is 4.74 Å². The molecule has 1 heterocycles. The highest BCUT2D eigenvalue weighted by Crippen LogP contribution is 2.40. The second kappa shape index (κ2) is 5.21. The van der Waals surface area contributed by atoms with Crippen molar-refractivity contribution in [2.24, 2.45) is 4.99 Å². The van der Waals surface area contributed by atoms with Gasteiger partial charge >= 0.3 is 0 Å². The summed E-state index contributed by atoms with van der Waals surface area (Å²) in [6.45, 7) is 4.44. The number of fused-ring (bicyclic) bond motifs is 1. The van der Waals surface area contributed by atoms with E-state index in [9.17, 15) is 0 Å². The molecule has 2 heteroatoms. The van der Waals surface area contributed by atoms with E-state index in [1.165, 1.54) is 5.56 Å². The highest BCUT2D eigenvalue weighted by Gasteiger charge is 2.32. The van der Waals surface area contributed by atoms with Gasteiger partial charge in [0.1, 0.15) is 5.75 Å². The normalized spacial score (nSPS) is 15.9. The zero-order chi connectivity index (χ0) is 14.9. The number of ether oxygens (including phenoxy) is 1. The maximum Gasteiger partial charge on any atom is 0.118 e. The molecule has 0 amide bonds. The average Bonchev–Trinajstić information content (AvgIpc) is 2.77. The van der Waals surface area contributed by atoms with Crippen molar-refractivity contribution in [1.29, 1.82) is 0 Å². The van der Waals surface area contributed by atoms with Crippen LogP contribution in [-0.2, 0) is 5.41 Å². The highest BCUT2D eigenvalue weighted by atomic mass is 16.5. The molecule has 2 aromatic rings. The summed E-state index contributed by atoms with van der Waals surface area (Å²) in [5, 5.41) is 0. The molecular formula is C19H19NO. The fourth-order valence-corrected chi connectivity index (χ4v) is 2.64. The number of benzene rings is 2. The minimum atomic E-state index is -0.0421. The van der Waals surface area contributed by atoms with Gasteiger partial charge in [0, 0.05) is 5.41 Å². The Bertz CT molecular complexity index is 709. The van der Waals surface area contributed by atoms with Crippen LogP contribution in [0.1, 0.15) is 25.0 Å². The van der Waals surface area contributed by atoms with E-state index in [1.54, 1.807) is 7.11 Å². The molecule has 2 nitrogen and oxygen atoms in total. The Morgan fingerprint density at radius 3 is 2.33 bits per heavy atom. The van der Waals surface area contributed by atoms with Crippen LogP contribution in [0.25, 0.3) is 6.08 Å². The van der Waals surface area contributed by atoms with Gasteiger partial charge in [-0.3, -0.25) is 4.99 Å². The molecule has 0 fully saturated rings. The van der Waals surface area contributed by atoms with E-state index < -0.39 is 0 Å². The Morgan fingerprint density at radius 2 is 1.67 bits per heavy atom. The number of hydrogen-bond donors (Lipinski definition) is 0. The van der Waals surface area contributed by atoms with Gasteiger partial charge in [0.15, 0.2) is 0 Å². The largest absolute Gasteiger partial charge is 0.497 e. The minimum absolute atomic E-state index is 0.0421. The SMILES string of the molecule is COc1ccc(C=CC2=Nc3ccccc3C2(C)C)cc1. The van der Waals surface area contributed by atoms with E-state index in [-0.39, 0.29) is 5.41 Å². The Labute approximate surface area is 125 Å². The lowest BCUT2D eigenvalue weighted by Crippen LogP contribution is -2.23. The van der Waals surface area contributed by atoms with Crippen LogP contribution in [0.15, 0.2) is 59.6 Å². The average molecular weight is 277 g/mol. The Balaban J connectivity index is 1.87. The molecule has 0 saturated heterocycles. The Kier molecular flexibility index (Phi) is 3.38. The van der Waals surface area contributed by atoms with Gasteiger partial charge in [-0.25, -0.2) is 0 Å². The van der Waals surface area contributed by atoms with E-state index in [4.69, 9.17) is 9.73 Å². The summed E-state index contributed by atoms with van der Waals surface area (Å²) in [5.41, 5.74) is 4.57. The lowest BCUT2D eigenvalue weighted by atomic mass is 9.81. The molecule has 0 spiro atoms. The van der Waals surface area contributed by atoms with Crippen LogP contribution in [-0.4, -0.2) is 12.8 Å². The third-order valence-corrected chi connectivity index (χ3v) is 4.01. The lowest BCUT2D eigenvalue weighted by molar-refractivity contribution is 0.415. The number of methoxy groups -OCH3 is 1. The summed E-state index contributed by atoms with van der Waals surface area (Å²) in [7, 11) is 1.68. The second-order valence-electron chi connectivity index (χ2n) is 5.75. The smallest absolute Gasteiger partial charge is 0.118 e. The molecule has 0 N–H and O–H groups in total. The standard InChI is InChI=1S/C19H19NO/c1-19(2)16-6-4-5-7-17(16)20-18(19)13-10-14-8-11-15(21-3)12-9-14/h4-13H,1-3H3. The van der Waals surface area contributed by atoms with Crippen molar-refractivity contribution in [3.8, 4) is 5.75 Å². The maximum absolute atomic E-state index is 5.17. The summed E-state index contributed by atoms with van der Waals surface area (Å²) < 4.78 is 5.17. The minimum Gasteiger partial charge on any atom is -0.497 e. The molecule has 0 aromatic heterocycles. The highest BCUT2D eigenvalue weighted by molar-refractivity contribution is 6.10. The number of nitrogens with zero attached hydrogens (tertiary/aromatic N) is 1. The molecule has 21 heavy (non-hydrogen) atoms. The molecule has 0 bridgehead atoms. The van der Waals surface area contributed by atoms with E-state index >= 15 is 0 Å². The molecule has 1 aliphatic rings. The van der Waals surface area contributed by atoms with E-state index in [0.29, 0.717) is 0 Å². The summed E-state index contributed by atoms with van der Waals surface area (Å²) >= 11 is 0. The molecule has 0 saturated carbocycles. The molecule has 3 rings (SSSR count). The van der Waals surface area contributed by atoms with Gasteiger partial charge in [-0.2, -0.15) is 0 Å². The van der Waals surface area contributed by atoms with Crippen molar-refractivity contribution in [2.45, 2.75) is 19.3 Å².